The highest BCUT2D eigenvalue weighted by molar-refractivity contribution is 5.91. The Kier molecular flexibility index (Phi) is 12.3. The van der Waals surface area contributed by atoms with Gasteiger partial charge in [-0.3, -0.25) is 9.69 Å². The summed E-state index contributed by atoms with van der Waals surface area (Å²) in [6.07, 6.45) is 6.99. The van der Waals surface area contributed by atoms with Gasteiger partial charge < -0.3 is 30.2 Å². The molecule has 1 atom stereocenters. The number of amides is 4. The van der Waals surface area contributed by atoms with Gasteiger partial charge in [0.05, 0.1) is 0 Å². The van der Waals surface area contributed by atoms with Crippen molar-refractivity contribution < 1.29 is 19.2 Å². The minimum absolute atomic E-state index is 0.0412. The number of likely N-dealkylation sites (tertiary alicyclic amines) is 1. The molecule has 2 aromatic carbocycles. The molecular weight excluding hydrogens is 630 g/mol. The molecule has 0 unspecified atom stereocenters. The number of benzene rings is 2. The number of fused-ring (bicyclic) bond motifs is 1. The molecule has 3 saturated heterocycles. The van der Waals surface area contributed by atoms with E-state index in [1.54, 1.807) is 5.06 Å². The fourth-order valence-electron chi connectivity index (χ4n) is 8.29. The van der Waals surface area contributed by atoms with E-state index >= 15 is 0 Å². The van der Waals surface area contributed by atoms with Crippen molar-refractivity contribution in [1.82, 2.24) is 30.0 Å². The Balaban J connectivity index is 1.05. The number of urea groups is 1. The fraction of sp³-hybridized carbons (Fsp3) is 0.615. The molecule has 272 valence electrons. The first kappa shape index (κ1) is 36.1. The Labute approximate surface area is 298 Å². The molecule has 4 heterocycles. The quantitative estimate of drug-likeness (QED) is 0.399. The van der Waals surface area contributed by atoms with Gasteiger partial charge in [-0.1, -0.05) is 50.2 Å². The third-order valence-electron chi connectivity index (χ3n) is 11.3. The third-order valence-corrected chi connectivity index (χ3v) is 11.3. The van der Waals surface area contributed by atoms with Gasteiger partial charge in [-0.25, -0.2) is 9.59 Å². The molecule has 0 bridgehead atoms. The normalized spacial score (nSPS) is 21.1. The molecule has 11 heteroatoms. The van der Waals surface area contributed by atoms with Crippen LogP contribution in [0.3, 0.4) is 0 Å². The van der Waals surface area contributed by atoms with Crippen molar-refractivity contribution in [1.29, 1.82) is 0 Å². The van der Waals surface area contributed by atoms with E-state index in [1.807, 2.05) is 28.0 Å². The van der Waals surface area contributed by atoms with Crippen LogP contribution in [0, 0.1) is 0 Å². The Morgan fingerprint density at radius 1 is 0.860 bits per heavy atom. The number of carbonyl (C=O) groups is 3. The Morgan fingerprint density at radius 3 is 2.36 bits per heavy atom. The van der Waals surface area contributed by atoms with Crippen molar-refractivity contribution in [3.8, 4) is 0 Å². The molecule has 2 aromatic rings. The minimum Gasteiger partial charge on any atom is -0.351 e. The van der Waals surface area contributed by atoms with Crippen LogP contribution in [0.25, 0.3) is 0 Å². The second-order valence-corrected chi connectivity index (χ2v) is 14.5. The molecular formula is C39H57N7O4. The molecule has 0 aliphatic carbocycles. The molecule has 2 N–H and O–H groups in total. The van der Waals surface area contributed by atoms with Crippen LogP contribution in [0.1, 0.15) is 68.2 Å². The van der Waals surface area contributed by atoms with Crippen LogP contribution in [0.2, 0.25) is 0 Å². The molecule has 0 aromatic heterocycles. The van der Waals surface area contributed by atoms with Gasteiger partial charge in [-0.05, 0) is 99.8 Å². The molecule has 4 aliphatic rings. The third kappa shape index (κ3) is 8.97. The molecule has 0 saturated carbocycles. The van der Waals surface area contributed by atoms with Gasteiger partial charge in [0, 0.05) is 70.0 Å². The molecule has 4 aliphatic heterocycles. The van der Waals surface area contributed by atoms with Gasteiger partial charge in [0.2, 0.25) is 5.91 Å². The van der Waals surface area contributed by atoms with Crippen molar-refractivity contribution in [3.63, 3.8) is 0 Å². The smallest absolute Gasteiger partial charge is 0.351 e. The summed E-state index contributed by atoms with van der Waals surface area (Å²) in [5.41, 5.74) is 5.67. The number of likely N-dealkylation sites (N-methyl/N-ethyl adjacent to an activating group) is 1. The molecule has 4 amide bonds. The van der Waals surface area contributed by atoms with E-state index in [-0.39, 0.29) is 18.0 Å². The van der Waals surface area contributed by atoms with E-state index in [9.17, 15) is 14.4 Å². The standard InChI is InChI=1S/C39H57N7O4/c1-4-30-12-11-29(27-31(30)5-2)28-36(37(47)44-20-14-33(15-21-44)43-19-8-18-42(3)25-26-43)41-39(49)50-45-22-16-34(17-23-45)46-24-13-32-9-6-7-10-35(32)40-38(46)48/h6-7,9-12,27,33-34,36H,4-5,8,13-26,28H2,1-3H3,(H,40,48)(H,41,49)/t36-/m1/s1. The molecule has 3 fully saturated rings. The maximum atomic E-state index is 14.1. The maximum absolute atomic E-state index is 14.1. The average molecular weight is 688 g/mol. The van der Waals surface area contributed by atoms with Crippen molar-refractivity contribution >= 4 is 23.7 Å². The van der Waals surface area contributed by atoms with Crippen LogP contribution < -0.4 is 10.6 Å². The monoisotopic (exact) mass is 687 g/mol. The summed E-state index contributed by atoms with van der Waals surface area (Å²) in [6.45, 7) is 11.8. The van der Waals surface area contributed by atoms with Crippen LogP contribution in [0.15, 0.2) is 42.5 Å². The Morgan fingerprint density at radius 2 is 1.60 bits per heavy atom. The van der Waals surface area contributed by atoms with Gasteiger partial charge in [-0.15, -0.1) is 5.06 Å². The number of piperidine rings is 2. The number of carbonyl (C=O) groups excluding carboxylic acids is 3. The van der Waals surface area contributed by atoms with Gasteiger partial charge in [0.25, 0.3) is 0 Å². The fourth-order valence-corrected chi connectivity index (χ4v) is 8.29. The zero-order valence-corrected chi connectivity index (χ0v) is 30.4. The highest BCUT2D eigenvalue weighted by Gasteiger charge is 2.34. The number of aryl methyl sites for hydroxylation is 2. The number of nitrogens with zero attached hydrogens (tertiary/aromatic N) is 5. The summed E-state index contributed by atoms with van der Waals surface area (Å²) in [7, 11) is 2.19. The van der Waals surface area contributed by atoms with Crippen LogP contribution in [-0.2, 0) is 35.3 Å². The molecule has 0 radical (unpaired) electrons. The van der Waals surface area contributed by atoms with Crippen LogP contribution >= 0.6 is 0 Å². The number of hydrogen-bond donors (Lipinski definition) is 2. The predicted octanol–water partition coefficient (Wildman–Crippen LogP) is 4.55. The van der Waals surface area contributed by atoms with E-state index in [0.29, 0.717) is 58.0 Å². The lowest BCUT2D eigenvalue weighted by Crippen LogP contribution is -2.55. The van der Waals surface area contributed by atoms with Crippen molar-refractivity contribution in [2.75, 3.05) is 71.3 Å². The van der Waals surface area contributed by atoms with E-state index in [0.717, 1.165) is 75.1 Å². The second-order valence-electron chi connectivity index (χ2n) is 14.5. The van der Waals surface area contributed by atoms with Gasteiger partial charge in [0.15, 0.2) is 0 Å². The van der Waals surface area contributed by atoms with E-state index in [1.165, 1.54) is 17.5 Å². The lowest BCUT2D eigenvalue weighted by molar-refractivity contribution is -0.137. The molecule has 6 rings (SSSR count). The number of hydroxylamine groups is 2. The highest BCUT2D eigenvalue weighted by atomic mass is 16.7. The van der Waals surface area contributed by atoms with Gasteiger partial charge in [0.1, 0.15) is 6.04 Å². The number of nitrogens with one attached hydrogen (secondary N) is 2. The lowest BCUT2D eigenvalue weighted by Gasteiger charge is -2.39. The lowest BCUT2D eigenvalue weighted by atomic mass is 9.96. The van der Waals surface area contributed by atoms with Gasteiger partial charge >= 0.3 is 12.1 Å². The van der Waals surface area contributed by atoms with Crippen LogP contribution in [0.4, 0.5) is 15.3 Å². The summed E-state index contributed by atoms with van der Waals surface area (Å²) in [5.74, 6) is -0.0412. The zero-order chi connectivity index (χ0) is 35.0. The summed E-state index contributed by atoms with van der Waals surface area (Å²) in [5, 5.41) is 7.72. The van der Waals surface area contributed by atoms with E-state index in [2.05, 4.69) is 65.6 Å². The average Bonchev–Trinajstić information content (AvgIpc) is 3.46. The highest BCUT2D eigenvalue weighted by Crippen LogP contribution is 2.25. The minimum atomic E-state index is -0.719. The SMILES string of the molecule is CCc1ccc(C[C@@H](NC(=O)ON2CCC(N3CCc4ccccc4NC3=O)CC2)C(=O)N2CCC(N3CCCN(C)CC3)CC2)cc1CC. The zero-order valence-electron chi connectivity index (χ0n) is 30.4. The van der Waals surface area contributed by atoms with Crippen molar-refractivity contribution in [3.05, 3.63) is 64.7 Å². The second kappa shape index (κ2) is 17.0. The van der Waals surface area contributed by atoms with E-state index < -0.39 is 12.1 Å². The van der Waals surface area contributed by atoms with Crippen LogP contribution in [0.5, 0.6) is 0 Å². The number of hydrogen-bond acceptors (Lipinski definition) is 7. The summed E-state index contributed by atoms with van der Waals surface area (Å²) in [4.78, 5) is 55.3. The Hall–Kier alpha value is -3.67. The number of para-hydroxylation sites is 1. The molecule has 11 nitrogen and oxygen atoms in total. The maximum Gasteiger partial charge on any atom is 0.426 e. The van der Waals surface area contributed by atoms with Crippen molar-refractivity contribution in [2.45, 2.75) is 89.8 Å². The first-order valence-corrected chi connectivity index (χ1v) is 19.0. The summed E-state index contributed by atoms with van der Waals surface area (Å²) in [6, 6.07) is 14.2. The van der Waals surface area contributed by atoms with Crippen LogP contribution in [-0.4, -0.2) is 127 Å². The Bertz CT molecular complexity index is 1470. The largest absolute Gasteiger partial charge is 0.426 e. The first-order chi connectivity index (χ1) is 24.3. The number of anilines is 1. The van der Waals surface area contributed by atoms with Crippen molar-refractivity contribution in [2.24, 2.45) is 0 Å². The van der Waals surface area contributed by atoms with Gasteiger partial charge in [-0.2, -0.15) is 0 Å². The summed E-state index contributed by atoms with van der Waals surface area (Å²) < 4.78 is 0. The topological polar surface area (TPSA) is 101 Å². The van der Waals surface area contributed by atoms with E-state index in [4.69, 9.17) is 4.84 Å². The predicted molar refractivity (Wildman–Crippen MR) is 196 cm³/mol. The number of rotatable bonds is 9. The molecule has 50 heavy (non-hydrogen) atoms. The first-order valence-electron chi connectivity index (χ1n) is 19.0. The molecule has 0 spiro atoms. The summed E-state index contributed by atoms with van der Waals surface area (Å²) >= 11 is 0.